The number of fused-ring (bicyclic) bond motifs is 1. The largest absolute Gasteiger partial charge is 0.458 e. The maximum absolute atomic E-state index is 14.1. The van der Waals surface area contributed by atoms with Crippen molar-refractivity contribution < 1.29 is 62.5 Å². The first-order valence-electron chi connectivity index (χ1n) is 17.9. The average molecular weight is 735 g/mol. The zero-order valence-electron chi connectivity index (χ0n) is 30.8. The van der Waals surface area contributed by atoms with E-state index in [0.29, 0.717) is 5.56 Å². The average Bonchev–Trinajstić information content (AvgIpc) is 3.36. The molecule has 1 spiro atoms. The minimum Gasteiger partial charge on any atom is -0.458 e. The summed E-state index contributed by atoms with van der Waals surface area (Å²) in [5.41, 5.74) is -7.27. The number of aliphatic hydroxyl groups excluding tert-OH is 1. The summed E-state index contributed by atoms with van der Waals surface area (Å²) in [7, 11) is 0. The van der Waals surface area contributed by atoms with Crippen LogP contribution < -0.4 is 0 Å². The van der Waals surface area contributed by atoms with E-state index in [9.17, 15) is 29.4 Å². The lowest BCUT2D eigenvalue weighted by Gasteiger charge is -2.73. The summed E-state index contributed by atoms with van der Waals surface area (Å²) >= 11 is 0. The molecule has 13 heteroatoms. The molecule has 6 aliphatic rings. The van der Waals surface area contributed by atoms with Gasteiger partial charge >= 0.3 is 29.9 Å². The summed E-state index contributed by atoms with van der Waals surface area (Å²) in [6.07, 6.45) is -7.27. The Balaban J connectivity index is 1.59. The number of hydrogen-bond acceptors (Lipinski definition) is 13. The Labute approximate surface area is 307 Å². The van der Waals surface area contributed by atoms with Crippen molar-refractivity contribution in [2.24, 2.45) is 23.7 Å². The van der Waals surface area contributed by atoms with Gasteiger partial charge in [0.25, 0.3) is 0 Å². The van der Waals surface area contributed by atoms with Crippen molar-refractivity contribution in [2.75, 3.05) is 0 Å². The first kappa shape index (κ1) is 37.2. The highest BCUT2D eigenvalue weighted by atomic mass is 16.9. The van der Waals surface area contributed by atoms with Crippen LogP contribution in [0.5, 0.6) is 0 Å². The molecule has 0 amide bonds. The minimum absolute atomic E-state index is 0.108. The molecule has 14 unspecified atom stereocenters. The first-order chi connectivity index (χ1) is 24.9. The summed E-state index contributed by atoms with van der Waals surface area (Å²) in [6.45, 7) is 14.3. The lowest BCUT2D eigenvalue weighted by molar-refractivity contribution is -0.586. The molecule has 53 heavy (non-hydrogen) atoms. The normalized spacial score (nSPS) is 43.5. The number of esters is 4. The predicted octanol–water partition coefficient (Wildman–Crippen LogP) is 3.73. The number of carbonyl (C=O) groups excluding carboxylic acids is 4. The molecule has 2 aromatic rings. The molecule has 3 saturated carbocycles. The van der Waals surface area contributed by atoms with Crippen LogP contribution in [0.1, 0.15) is 70.8 Å². The van der Waals surface area contributed by atoms with Gasteiger partial charge in [-0.2, -0.15) is 0 Å². The fourth-order valence-corrected chi connectivity index (χ4v) is 10.4. The van der Waals surface area contributed by atoms with Crippen molar-refractivity contribution in [3.63, 3.8) is 0 Å². The molecule has 13 nitrogen and oxygen atoms in total. The fourth-order valence-electron chi connectivity index (χ4n) is 10.4. The van der Waals surface area contributed by atoms with Crippen LogP contribution in [0, 0.1) is 23.7 Å². The van der Waals surface area contributed by atoms with Crippen molar-refractivity contribution >= 4 is 23.9 Å². The Morgan fingerprint density at radius 3 is 1.94 bits per heavy atom. The number of aliphatic hydroxyl groups is 2. The van der Waals surface area contributed by atoms with Crippen LogP contribution in [0.4, 0.5) is 0 Å². The van der Waals surface area contributed by atoms with Gasteiger partial charge in [0, 0.05) is 38.2 Å². The second-order valence-electron chi connectivity index (χ2n) is 15.5. The maximum atomic E-state index is 14.1. The Morgan fingerprint density at radius 2 is 1.38 bits per heavy atom. The van der Waals surface area contributed by atoms with E-state index in [-0.39, 0.29) is 17.6 Å². The smallest absolute Gasteiger partial charge is 0.338 e. The second kappa shape index (κ2) is 12.5. The van der Waals surface area contributed by atoms with E-state index < -0.39 is 106 Å². The predicted molar refractivity (Wildman–Crippen MR) is 183 cm³/mol. The zero-order chi connectivity index (χ0) is 38.5. The summed E-state index contributed by atoms with van der Waals surface area (Å²) < 4.78 is 45.6. The van der Waals surface area contributed by atoms with Gasteiger partial charge in [-0.05, 0) is 43.9 Å². The molecule has 14 atom stereocenters. The van der Waals surface area contributed by atoms with Crippen molar-refractivity contribution in [3.05, 3.63) is 83.9 Å². The molecular formula is C40H46O13. The van der Waals surface area contributed by atoms with Gasteiger partial charge in [0.1, 0.15) is 30.0 Å². The third-order valence-corrected chi connectivity index (χ3v) is 12.3. The number of benzene rings is 2. The van der Waals surface area contributed by atoms with E-state index in [1.54, 1.807) is 69.3 Å². The zero-order valence-corrected chi connectivity index (χ0v) is 30.8. The van der Waals surface area contributed by atoms with Crippen molar-refractivity contribution in [2.45, 2.75) is 114 Å². The van der Waals surface area contributed by atoms with Crippen molar-refractivity contribution in [1.82, 2.24) is 0 Å². The van der Waals surface area contributed by atoms with Gasteiger partial charge in [0.05, 0.1) is 17.1 Å². The monoisotopic (exact) mass is 734 g/mol. The van der Waals surface area contributed by atoms with Crippen LogP contribution in [-0.4, -0.2) is 87.0 Å². The highest BCUT2D eigenvalue weighted by molar-refractivity contribution is 5.89. The highest BCUT2D eigenvalue weighted by Crippen LogP contribution is 2.72. The minimum atomic E-state index is -2.29. The maximum Gasteiger partial charge on any atom is 0.338 e. The van der Waals surface area contributed by atoms with E-state index in [0.717, 1.165) is 13.8 Å². The molecule has 4 bridgehead atoms. The van der Waals surface area contributed by atoms with E-state index in [4.69, 9.17) is 33.2 Å². The van der Waals surface area contributed by atoms with E-state index in [1.165, 1.54) is 26.0 Å². The standard InChI is InChI=1S/C40H46O13/c1-20(2)37(46)31-22(4)38-28-19-21(3)30(47-23(5)41)39(28,49-25(7)43)35(45)36(8,52-34(44)26-15-11-9-12-16-26)32(48-24(6)42)29(38)33(37)51-40(50-31,53-38)27-17-13-10-14-18-27/h9-18,21-22,28-33,35,45-46H,1,19H2,2-8H3. The summed E-state index contributed by atoms with van der Waals surface area (Å²) in [5, 5.41) is 26.0. The SMILES string of the molecule is C=C(C)C1(O)C2OC3(c4ccccc4)OC1C1C(OC(C)=O)C(C)(OC(=O)c4ccccc4)C(O)C4(OC(C)=O)C(OC(C)=O)C(C)CC4C1(O3)C2C. The molecule has 6 fully saturated rings. The lowest BCUT2D eigenvalue weighted by atomic mass is 9.51. The van der Waals surface area contributed by atoms with Gasteiger partial charge in [-0.25, -0.2) is 4.79 Å². The van der Waals surface area contributed by atoms with E-state index in [2.05, 4.69) is 6.58 Å². The fraction of sp³-hybridized carbons (Fsp3) is 0.550. The Morgan fingerprint density at radius 1 is 0.811 bits per heavy atom. The summed E-state index contributed by atoms with van der Waals surface area (Å²) in [4.78, 5) is 53.7. The van der Waals surface area contributed by atoms with Crippen LogP contribution in [0.3, 0.4) is 0 Å². The van der Waals surface area contributed by atoms with Crippen LogP contribution in [0.2, 0.25) is 0 Å². The van der Waals surface area contributed by atoms with Gasteiger partial charge in [0.2, 0.25) is 0 Å². The molecule has 2 aromatic carbocycles. The number of carbonyl (C=O) groups is 4. The topological polar surface area (TPSA) is 173 Å². The molecular weight excluding hydrogens is 688 g/mol. The van der Waals surface area contributed by atoms with Gasteiger partial charge in [-0.3, -0.25) is 14.4 Å². The van der Waals surface area contributed by atoms with Crippen LogP contribution in [0.15, 0.2) is 72.8 Å². The highest BCUT2D eigenvalue weighted by Gasteiger charge is 2.88. The van der Waals surface area contributed by atoms with Gasteiger partial charge in [-0.15, -0.1) is 0 Å². The first-order valence-corrected chi connectivity index (χ1v) is 17.9. The molecule has 2 N–H and O–H groups in total. The quantitative estimate of drug-likeness (QED) is 0.240. The molecule has 8 rings (SSSR count). The van der Waals surface area contributed by atoms with Gasteiger partial charge in [0.15, 0.2) is 17.3 Å². The lowest BCUT2D eigenvalue weighted by Crippen LogP contribution is -2.86. The Bertz CT molecular complexity index is 1830. The molecule has 0 radical (unpaired) electrons. The van der Waals surface area contributed by atoms with Crippen LogP contribution in [0.25, 0.3) is 0 Å². The summed E-state index contributed by atoms with van der Waals surface area (Å²) in [6, 6.07) is 16.8. The third-order valence-electron chi connectivity index (χ3n) is 12.3. The third kappa shape index (κ3) is 5.00. The second-order valence-corrected chi connectivity index (χ2v) is 15.5. The Kier molecular flexibility index (Phi) is 8.74. The van der Waals surface area contributed by atoms with Crippen LogP contribution >= 0.6 is 0 Å². The summed E-state index contributed by atoms with van der Waals surface area (Å²) in [5.74, 6) is -8.96. The van der Waals surface area contributed by atoms with E-state index in [1.807, 2.05) is 0 Å². The van der Waals surface area contributed by atoms with Crippen molar-refractivity contribution in [1.29, 1.82) is 0 Å². The molecule has 3 saturated heterocycles. The molecule has 3 heterocycles. The molecule has 3 aliphatic heterocycles. The molecule has 0 aromatic heterocycles. The van der Waals surface area contributed by atoms with E-state index >= 15 is 0 Å². The number of rotatable bonds is 7. The Hall–Kier alpha value is -4.14. The molecule has 284 valence electrons. The van der Waals surface area contributed by atoms with Gasteiger partial charge < -0.3 is 43.4 Å². The van der Waals surface area contributed by atoms with Gasteiger partial charge in [-0.1, -0.05) is 69.0 Å². The van der Waals surface area contributed by atoms with Crippen LogP contribution in [-0.2, 0) is 53.5 Å². The number of ether oxygens (including phenoxy) is 7. The van der Waals surface area contributed by atoms with Crippen molar-refractivity contribution in [3.8, 4) is 0 Å². The molecule has 3 aliphatic carbocycles. The number of hydrogen-bond donors (Lipinski definition) is 2.